The molecule has 2 aromatic carbocycles. The smallest absolute Gasteiger partial charge is 0.284 e. The summed E-state index contributed by atoms with van der Waals surface area (Å²) in [7, 11) is -9.18. The zero-order chi connectivity index (χ0) is 18.8. The molecule has 0 aliphatic carbocycles. The highest BCUT2D eigenvalue weighted by atomic mass is 32.3. The number of fused-ring (bicyclic) bond motifs is 1. The molecule has 0 heterocycles. The Bertz CT molecular complexity index is 1030. The van der Waals surface area contributed by atoms with E-state index in [2.05, 4.69) is 4.18 Å². The Morgan fingerprint density at radius 2 is 1.72 bits per heavy atom. The van der Waals surface area contributed by atoms with Crippen molar-refractivity contribution in [3.63, 3.8) is 0 Å². The Hall–Kier alpha value is -1.41. The Morgan fingerprint density at radius 1 is 1.04 bits per heavy atom. The van der Waals surface area contributed by atoms with E-state index in [1.807, 2.05) is 0 Å². The van der Waals surface area contributed by atoms with E-state index in [4.69, 9.17) is 8.74 Å². The first-order valence-electron chi connectivity index (χ1n) is 6.66. The Labute approximate surface area is 146 Å². The van der Waals surface area contributed by atoms with Crippen molar-refractivity contribution < 1.29 is 38.5 Å². The van der Waals surface area contributed by atoms with E-state index < -0.39 is 49.7 Å². The van der Waals surface area contributed by atoms with E-state index in [9.17, 15) is 25.6 Å². The molecule has 0 spiro atoms. The zero-order valence-corrected chi connectivity index (χ0v) is 15.2. The fraction of sp³-hybridized carbons (Fsp3) is 0.231. The molecule has 2 rings (SSSR count). The first kappa shape index (κ1) is 19.9. The summed E-state index contributed by atoms with van der Waals surface area (Å²) < 4.78 is 82.6. The van der Waals surface area contributed by atoms with Crippen LogP contribution in [0.2, 0.25) is 0 Å². The van der Waals surface area contributed by atoms with Crippen LogP contribution in [0.3, 0.4) is 0 Å². The third-order valence-corrected chi connectivity index (χ3v) is 5.40. The van der Waals surface area contributed by atoms with Crippen molar-refractivity contribution >= 4 is 42.4 Å². The van der Waals surface area contributed by atoms with Crippen molar-refractivity contribution in [1.29, 1.82) is 0 Å². The summed E-state index contributed by atoms with van der Waals surface area (Å²) >= 11 is -2.17. The molecule has 0 aliphatic rings. The van der Waals surface area contributed by atoms with Crippen LogP contribution >= 0.6 is 0 Å². The van der Waals surface area contributed by atoms with Gasteiger partial charge in [0.1, 0.15) is 0 Å². The van der Waals surface area contributed by atoms with Crippen LogP contribution < -0.4 is 0 Å². The lowest BCUT2D eigenvalue weighted by molar-refractivity contribution is 0.212. The minimum Gasteiger partial charge on any atom is -0.284 e. The van der Waals surface area contributed by atoms with Crippen molar-refractivity contribution in [3.8, 4) is 0 Å². The highest BCUT2D eigenvalue weighted by molar-refractivity contribution is 7.86. The Morgan fingerprint density at radius 3 is 2.32 bits per heavy atom. The predicted octanol–water partition coefficient (Wildman–Crippen LogP) is 1.25. The Kier molecular flexibility index (Phi) is 5.93. The molecule has 25 heavy (non-hydrogen) atoms. The molecule has 0 amide bonds. The highest BCUT2D eigenvalue weighted by Gasteiger charge is 2.18. The maximum atomic E-state index is 12.3. The number of hydrogen-bond donors (Lipinski definition) is 2. The summed E-state index contributed by atoms with van der Waals surface area (Å²) in [5.41, 5.74) is 0.820. The first-order valence-corrected chi connectivity index (χ1v) is 10.5. The zero-order valence-electron chi connectivity index (χ0n) is 12.8. The van der Waals surface area contributed by atoms with Crippen LogP contribution in [0.1, 0.15) is 5.56 Å². The maximum Gasteiger partial charge on any atom is 0.397 e. The molecule has 0 radical (unpaired) electrons. The van der Waals surface area contributed by atoms with Crippen molar-refractivity contribution in [2.75, 3.05) is 13.2 Å². The summed E-state index contributed by atoms with van der Waals surface area (Å²) in [6, 6.07) is 7.21. The van der Waals surface area contributed by atoms with Crippen LogP contribution in [-0.4, -0.2) is 43.4 Å². The van der Waals surface area contributed by atoms with Crippen LogP contribution in [0.4, 0.5) is 0 Å². The van der Waals surface area contributed by atoms with Gasteiger partial charge in [-0.15, -0.1) is 0 Å². The van der Waals surface area contributed by atoms with E-state index in [-0.39, 0.29) is 4.90 Å². The summed E-state index contributed by atoms with van der Waals surface area (Å²) in [5.74, 6) is 0. The standard InChI is InChI=1S/C13H14O9S3/c1-9-2-3-10-7-11(24(15,16)17)8-13(12(10)6-9)23(14)21-4-5-22-25(18,19)20/h2-3,6-8H,4-5H2,1H3,(H,15,16,17)(H,18,19,20). The molecule has 9 nitrogen and oxygen atoms in total. The third kappa shape index (κ3) is 5.54. The van der Waals surface area contributed by atoms with Crippen LogP contribution in [0.15, 0.2) is 40.1 Å². The van der Waals surface area contributed by atoms with Gasteiger partial charge in [0.25, 0.3) is 10.1 Å². The predicted molar refractivity (Wildman–Crippen MR) is 88.4 cm³/mol. The summed E-state index contributed by atoms with van der Waals surface area (Å²) in [6.07, 6.45) is 0. The summed E-state index contributed by atoms with van der Waals surface area (Å²) in [4.78, 5) is -0.467. The van der Waals surface area contributed by atoms with Gasteiger partial charge < -0.3 is 0 Å². The normalized spacial score (nSPS) is 13.9. The first-order chi connectivity index (χ1) is 11.5. The second-order valence-electron chi connectivity index (χ2n) is 4.93. The van der Waals surface area contributed by atoms with Gasteiger partial charge in [0.05, 0.1) is 23.0 Å². The van der Waals surface area contributed by atoms with Crippen LogP contribution in [-0.2, 0) is 40.0 Å². The molecule has 138 valence electrons. The summed E-state index contributed by atoms with van der Waals surface area (Å²) in [5, 5.41) is 0.864. The molecule has 0 saturated heterocycles. The maximum absolute atomic E-state index is 12.3. The molecule has 0 aliphatic heterocycles. The minimum absolute atomic E-state index is 0.0133. The van der Waals surface area contributed by atoms with Crippen molar-refractivity contribution in [2.24, 2.45) is 0 Å². The molecular formula is C13H14O9S3. The number of hydrogen-bond acceptors (Lipinski definition) is 7. The lowest BCUT2D eigenvalue weighted by Gasteiger charge is -2.10. The van der Waals surface area contributed by atoms with Gasteiger partial charge in [-0.25, -0.2) is 8.39 Å². The van der Waals surface area contributed by atoms with Gasteiger partial charge in [-0.2, -0.15) is 16.8 Å². The average molecular weight is 410 g/mol. The van der Waals surface area contributed by atoms with Gasteiger partial charge in [0.15, 0.2) is 11.1 Å². The van der Waals surface area contributed by atoms with Gasteiger partial charge >= 0.3 is 10.4 Å². The molecule has 12 heteroatoms. The molecule has 2 aromatic rings. The lowest BCUT2D eigenvalue weighted by atomic mass is 10.1. The Balaban J connectivity index is 2.37. The van der Waals surface area contributed by atoms with E-state index in [1.54, 1.807) is 25.1 Å². The number of benzene rings is 2. The van der Waals surface area contributed by atoms with Crippen molar-refractivity contribution in [2.45, 2.75) is 16.7 Å². The second kappa shape index (κ2) is 7.45. The van der Waals surface area contributed by atoms with Crippen LogP contribution in [0, 0.1) is 6.92 Å². The van der Waals surface area contributed by atoms with Gasteiger partial charge in [0, 0.05) is 5.39 Å². The van der Waals surface area contributed by atoms with Crippen LogP contribution in [0.5, 0.6) is 0 Å². The van der Waals surface area contributed by atoms with Gasteiger partial charge in [-0.3, -0.25) is 13.3 Å². The van der Waals surface area contributed by atoms with E-state index in [0.717, 1.165) is 11.6 Å². The van der Waals surface area contributed by atoms with Gasteiger partial charge in [-0.1, -0.05) is 23.8 Å². The molecule has 0 bridgehead atoms. The molecule has 0 saturated carbocycles. The van der Waals surface area contributed by atoms with Crippen molar-refractivity contribution in [3.05, 3.63) is 35.9 Å². The molecule has 1 atom stereocenters. The monoisotopic (exact) mass is 410 g/mol. The third-order valence-electron chi connectivity index (χ3n) is 3.03. The quantitative estimate of drug-likeness (QED) is 0.509. The topological polar surface area (TPSA) is 144 Å². The molecule has 2 N–H and O–H groups in total. The SMILES string of the molecule is Cc1ccc2cc(S(=O)(=O)O)cc(S(=O)OCCOS(=O)(=O)O)c2c1. The lowest BCUT2D eigenvalue weighted by Crippen LogP contribution is -2.11. The minimum atomic E-state index is -4.64. The molecule has 1 unspecified atom stereocenters. The fourth-order valence-electron chi connectivity index (χ4n) is 2.01. The second-order valence-corrected chi connectivity index (χ2v) is 8.59. The van der Waals surface area contributed by atoms with Crippen molar-refractivity contribution in [1.82, 2.24) is 0 Å². The highest BCUT2D eigenvalue weighted by Crippen LogP contribution is 2.27. The van der Waals surface area contributed by atoms with Gasteiger partial charge in [-0.05, 0) is 24.4 Å². The summed E-state index contributed by atoms with van der Waals surface area (Å²) in [6.45, 7) is 0.749. The number of rotatable bonds is 7. The average Bonchev–Trinajstić information content (AvgIpc) is 2.48. The van der Waals surface area contributed by atoms with Gasteiger partial charge in [0.2, 0.25) is 0 Å². The molecule has 0 fully saturated rings. The van der Waals surface area contributed by atoms with E-state index in [0.29, 0.717) is 10.8 Å². The molecular weight excluding hydrogens is 396 g/mol. The van der Waals surface area contributed by atoms with Crippen LogP contribution in [0.25, 0.3) is 10.8 Å². The van der Waals surface area contributed by atoms with E-state index >= 15 is 0 Å². The number of aryl methyl sites for hydroxylation is 1. The fourth-order valence-corrected chi connectivity index (χ4v) is 3.83. The van der Waals surface area contributed by atoms with E-state index in [1.165, 1.54) is 6.07 Å². The molecule has 0 aromatic heterocycles. The largest absolute Gasteiger partial charge is 0.397 e.